The SMILES string of the molecule is CCc1ccc(Cc2c(-c3ccc(OC)cc3)sc3cc(OC)ccc23)cc1. The van der Waals surface area contributed by atoms with Crippen LogP contribution in [-0.4, -0.2) is 14.2 Å². The van der Waals surface area contributed by atoms with Gasteiger partial charge in [0, 0.05) is 9.58 Å². The number of hydrogen-bond acceptors (Lipinski definition) is 3. The van der Waals surface area contributed by atoms with Crippen LogP contribution in [-0.2, 0) is 12.8 Å². The van der Waals surface area contributed by atoms with E-state index in [4.69, 9.17) is 9.47 Å². The fourth-order valence-electron chi connectivity index (χ4n) is 3.51. The minimum Gasteiger partial charge on any atom is -0.497 e. The van der Waals surface area contributed by atoms with E-state index in [1.54, 1.807) is 14.2 Å². The molecule has 28 heavy (non-hydrogen) atoms. The normalized spacial score (nSPS) is 11.0. The molecule has 0 N–H and O–H groups in total. The predicted molar refractivity (Wildman–Crippen MR) is 119 cm³/mol. The molecule has 0 fully saturated rings. The zero-order valence-corrected chi connectivity index (χ0v) is 17.3. The van der Waals surface area contributed by atoms with Gasteiger partial charge in [0.05, 0.1) is 14.2 Å². The minimum atomic E-state index is 0.878. The molecule has 0 aliphatic heterocycles. The minimum absolute atomic E-state index is 0.878. The lowest BCUT2D eigenvalue weighted by molar-refractivity contribution is 0.415. The van der Waals surface area contributed by atoms with Gasteiger partial charge in [0.2, 0.25) is 0 Å². The van der Waals surface area contributed by atoms with Crippen LogP contribution in [0.1, 0.15) is 23.6 Å². The lowest BCUT2D eigenvalue weighted by Crippen LogP contribution is -1.91. The lowest BCUT2D eigenvalue weighted by Gasteiger charge is -2.08. The maximum Gasteiger partial charge on any atom is 0.120 e. The van der Waals surface area contributed by atoms with Gasteiger partial charge < -0.3 is 9.47 Å². The highest BCUT2D eigenvalue weighted by Crippen LogP contribution is 2.41. The van der Waals surface area contributed by atoms with Crippen molar-refractivity contribution in [2.75, 3.05) is 14.2 Å². The van der Waals surface area contributed by atoms with Crippen molar-refractivity contribution in [1.29, 1.82) is 0 Å². The Morgan fingerprint density at radius 2 is 1.39 bits per heavy atom. The zero-order valence-electron chi connectivity index (χ0n) is 16.5. The van der Waals surface area contributed by atoms with Gasteiger partial charge in [-0.1, -0.05) is 31.2 Å². The lowest BCUT2D eigenvalue weighted by atomic mass is 9.98. The number of thiophene rings is 1. The number of benzene rings is 3. The summed E-state index contributed by atoms with van der Waals surface area (Å²) in [6.45, 7) is 2.19. The molecule has 0 saturated heterocycles. The third-order valence-corrected chi connectivity index (χ3v) is 6.41. The number of ether oxygens (including phenoxy) is 2. The first-order valence-corrected chi connectivity index (χ1v) is 10.3. The molecule has 0 bridgehead atoms. The molecule has 142 valence electrons. The van der Waals surface area contributed by atoms with E-state index in [0.717, 1.165) is 24.3 Å². The summed E-state index contributed by atoms with van der Waals surface area (Å²) in [5.74, 6) is 1.78. The van der Waals surface area contributed by atoms with Gasteiger partial charge in [-0.25, -0.2) is 0 Å². The number of aryl methyl sites for hydroxylation is 1. The van der Waals surface area contributed by atoms with Crippen LogP contribution in [0.25, 0.3) is 20.5 Å². The fraction of sp³-hybridized carbons (Fsp3) is 0.200. The van der Waals surface area contributed by atoms with E-state index in [2.05, 4.69) is 61.5 Å². The van der Waals surface area contributed by atoms with Crippen molar-refractivity contribution < 1.29 is 9.47 Å². The van der Waals surface area contributed by atoms with E-state index < -0.39 is 0 Å². The summed E-state index contributed by atoms with van der Waals surface area (Å²) in [6.07, 6.45) is 1.98. The Morgan fingerprint density at radius 3 is 2.04 bits per heavy atom. The third kappa shape index (κ3) is 3.63. The molecular formula is C25H24O2S. The van der Waals surface area contributed by atoms with Gasteiger partial charge in [-0.05, 0) is 82.9 Å². The standard InChI is InChI=1S/C25H24O2S/c1-4-17-5-7-18(8-6-17)15-23-22-14-13-21(27-3)16-24(22)28-25(23)19-9-11-20(26-2)12-10-19/h5-14,16H,4,15H2,1-3H3. The van der Waals surface area contributed by atoms with Crippen molar-refractivity contribution in [2.24, 2.45) is 0 Å². The fourth-order valence-corrected chi connectivity index (χ4v) is 4.76. The highest BCUT2D eigenvalue weighted by Gasteiger charge is 2.15. The Labute approximate surface area is 170 Å². The van der Waals surface area contributed by atoms with Crippen molar-refractivity contribution in [1.82, 2.24) is 0 Å². The number of rotatable bonds is 6. The molecule has 4 aromatic rings. The second kappa shape index (κ2) is 8.07. The number of fused-ring (bicyclic) bond motifs is 1. The summed E-state index contributed by atoms with van der Waals surface area (Å²) in [6, 6.07) is 23.7. The molecule has 1 heterocycles. The molecule has 1 aromatic heterocycles. The number of hydrogen-bond donors (Lipinski definition) is 0. The summed E-state index contributed by atoms with van der Waals surface area (Å²) in [7, 11) is 3.42. The molecule has 0 unspecified atom stereocenters. The maximum absolute atomic E-state index is 5.44. The van der Waals surface area contributed by atoms with Crippen LogP contribution in [0, 0.1) is 0 Å². The Morgan fingerprint density at radius 1 is 0.750 bits per heavy atom. The van der Waals surface area contributed by atoms with Gasteiger partial charge in [-0.3, -0.25) is 0 Å². The molecule has 4 rings (SSSR count). The number of methoxy groups -OCH3 is 2. The molecule has 3 aromatic carbocycles. The highest BCUT2D eigenvalue weighted by atomic mass is 32.1. The topological polar surface area (TPSA) is 18.5 Å². The Balaban J connectivity index is 1.82. The van der Waals surface area contributed by atoms with E-state index in [9.17, 15) is 0 Å². The molecular weight excluding hydrogens is 364 g/mol. The van der Waals surface area contributed by atoms with E-state index >= 15 is 0 Å². The highest BCUT2D eigenvalue weighted by molar-refractivity contribution is 7.22. The van der Waals surface area contributed by atoms with Gasteiger partial charge in [0.15, 0.2) is 0 Å². The first-order valence-electron chi connectivity index (χ1n) is 9.53. The van der Waals surface area contributed by atoms with Crippen LogP contribution in [0.5, 0.6) is 11.5 Å². The molecule has 0 spiro atoms. The van der Waals surface area contributed by atoms with Gasteiger partial charge >= 0.3 is 0 Å². The molecule has 0 aliphatic rings. The van der Waals surface area contributed by atoms with Crippen LogP contribution >= 0.6 is 11.3 Å². The van der Waals surface area contributed by atoms with Crippen LogP contribution in [0.4, 0.5) is 0 Å². The molecule has 2 nitrogen and oxygen atoms in total. The van der Waals surface area contributed by atoms with Crippen molar-refractivity contribution in [3.05, 3.63) is 83.4 Å². The quantitative estimate of drug-likeness (QED) is 0.364. The second-order valence-electron chi connectivity index (χ2n) is 6.85. The van der Waals surface area contributed by atoms with E-state index in [1.165, 1.54) is 37.2 Å². The predicted octanol–water partition coefficient (Wildman–Crippen LogP) is 6.74. The Kier molecular flexibility index (Phi) is 5.36. The van der Waals surface area contributed by atoms with Crippen molar-refractivity contribution in [2.45, 2.75) is 19.8 Å². The molecule has 0 saturated carbocycles. The van der Waals surface area contributed by atoms with Gasteiger partial charge in [0.1, 0.15) is 11.5 Å². The molecule has 0 radical (unpaired) electrons. The first kappa shape index (κ1) is 18.6. The molecule has 3 heteroatoms. The summed E-state index contributed by atoms with van der Waals surface area (Å²) < 4.78 is 12.0. The average Bonchev–Trinajstić information content (AvgIpc) is 3.11. The van der Waals surface area contributed by atoms with E-state index in [-0.39, 0.29) is 0 Å². The van der Waals surface area contributed by atoms with Crippen LogP contribution in [0.2, 0.25) is 0 Å². The second-order valence-corrected chi connectivity index (χ2v) is 7.90. The zero-order chi connectivity index (χ0) is 19.5. The van der Waals surface area contributed by atoms with E-state index in [0.29, 0.717) is 0 Å². The van der Waals surface area contributed by atoms with Gasteiger partial charge in [-0.15, -0.1) is 11.3 Å². The summed E-state index contributed by atoms with van der Waals surface area (Å²) in [5.41, 5.74) is 5.31. The van der Waals surface area contributed by atoms with Crippen molar-refractivity contribution in [3.63, 3.8) is 0 Å². The first-order chi connectivity index (χ1) is 13.7. The van der Waals surface area contributed by atoms with Crippen molar-refractivity contribution in [3.8, 4) is 21.9 Å². The third-order valence-electron chi connectivity index (χ3n) is 5.16. The summed E-state index contributed by atoms with van der Waals surface area (Å²) >= 11 is 1.83. The van der Waals surface area contributed by atoms with Gasteiger partial charge in [0.25, 0.3) is 0 Å². The largest absolute Gasteiger partial charge is 0.497 e. The molecule has 0 amide bonds. The Hall–Kier alpha value is -2.78. The van der Waals surface area contributed by atoms with Crippen molar-refractivity contribution >= 4 is 21.4 Å². The van der Waals surface area contributed by atoms with Crippen LogP contribution in [0.3, 0.4) is 0 Å². The smallest absolute Gasteiger partial charge is 0.120 e. The summed E-state index contributed by atoms with van der Waals surface area (Å²) in [4.78, 5) is 1.31. The molecule has 0 aliphatic carbocycles. The van der Waals surface area contributed by atoms with Gasteiger partial charge in [-0.2, -0.15) is 0 Å². The average molecular weight is 389 g/mol. The molecule has 0 atom stereocenters. The monoisotopic (exact) mass is 388 g/mol. The maximum atomic E-state index is 5.44. The Bertz CT molecular complexity index is 1080. The van der Waals surface area contributed by atoms with E-state index in [1.807, 2.05) is 23.5 Å². The van der Waals surface area contributed by atoms with Crippen LogP contribution < -0.4 is 9.47 Å². The van der Waals surface area contributed by atoms with Crippen LogP contribution in [0.15, 0.2) is 66.7 Å². The summed E-state index contributed by atoms with van der Waals surface area (Å²) in [5, 5.41) is 1.30.